The third-order valence-electron chi connectivity index (χ3n) is 4.82. The number of rotatable bonds is 15. The van der Waals surface area contributed by atoms with Gasteiger partial charge in [0.25, 0.3) is 0 Å². The summed E-state index contributed by atoms with van der Waals surface area (Å²) >= 11 is 0. The Bertz CT molecular complexity index is 182. The Morgan fingerprint density at radius 3 is 1.08 bits per heavy atom. The summed E-state index contributed by atoms with van der Waals surface area (Å²) in [5.41, 5.74) is 0. The maximum absolute atomic E-state index is 2.65. The Morgan fingerprint density at radius 1 is 0.542 bits per heavy atom. The van der Waals surface area contributed by atoms with Crippen molar-refractivity contribution in [1.29, 1.82) is 0 Å². The van der Waals surface area contributed by atoms with Crippen LogP contribution in [0.4, 0.5) is 0 Å². The van der Waals surface area contributed by atoms with Gasteiger partial charge < -0.3 is 6.15 Å². The zero-order valence-electron chi connectivity index (χ0n) is 18.3. The van der Waals surface area contributed by atoms with Gasteiger partial charge in [-0.2, -0.15) is 0 Å². The van der Waals surface area contributed by atoms with Crippen LogP contribution in [-0.2, 0) is 0 Å². The standard InChI is InChI=1S/C13H31P.C8H19P.H3N/c1-5-8-11-14(4,12-9-6-2)13-10-7-3;1-3-5-7-9-8-6-4-2;/h14H,5-13H2,1-4H3;9H,3-8H2,1-2H3;1H3. The van der Waals surface area contributed by atoms with Crippen LogP contribution in [0.1, 0.15) is 98.8 Å². The van der Waals surface area contributed by atoms with Crippen LogP contribution in [0.2, 0.25) is 0 Å². The fourth-order valence-corrected chi connectivity index (χ4v) is 8.74. The van der Waals surface area contributed by atoms with Gasteiger partial charge in [0.2, 0.25) is 0 Å². The molecule has 0 aliphatic heterocycles. The van der Waals surface area contributed by atoms with Crippen molar-refractivity contribution >= 4 is 15.8 Å². The molecule has 24 heavy (non-hydrogen) atoms. The van der Waals surface area contributed by atoms with E-state index in [9.17, 15) is 0 Å². The first-order valence-corrected chi connectivity index (χ1v) is 15.3. The smallest absolute Gasteiger partial charge is 0.344 e. The molecule has 0 aromatic heterocycles. The van der Waals surface area contributed by atoms with E-state index in [1.807, 2.05) is 0 Å². The first-order valence-electron chi connectivity index (χ1n) is 10.8. The normalized spacial score (nSPS) is 11.4. The molecule has 0 atom stereocenters. The summed E-state index contributed by atoms with van der Waals surface area (Å²) in [6.07, 6.45) is 22.0. The molecule has 0 amide bonds. The molecule has 0 heterocycles. The summed E-state index contributed by atoms with van der Waals surface area (Å²) in [6.45, 7) is 14.2. The maximum Gasteiger partial charge on any atom is -0.344 e. The third-order valence-corrected chi connectivity index (χ3v) is 10.9. The monoisotopic (exact) mass is 381 g/mol. The van der Waals surface area contributed by atoms with Crippen molar-refractivity contribution in [1.82, 2.24) is 6.15 Å². The predicted octanol–water partition coefficient (Wildman–Crippen LogP) is 8.19. The van der Waals surface area contributed by atoms with Crippen LogP contribution in [0.15, 0.2) is 0 Å². The average molecular weight is 382 g/mol. The van der Waals surface area contributed by atoms with Crippen molar-refractivity contribution in [3.8, 4) is 0 Å². The molecule has 1 nitrogen and oxygen atoms in total. The van der Waals surface area contributed by atoms with Gasteiger partial charge in [-0.05, 0) is 25.2 Å². The van der Waals surface area contributed by atoms with Crippen LogP contribution in [0, 0.1) is 0 Å². The van der Waals surface area contributed by atoms with Crippen molar-refractivity contribution < 1.29 is 0 Å². The van der Waals surface area contributed by atoms with Crippen molar-refractivity contribution in [2.24, 2.45) is 0 Å². The Balaban J connectivity index is -0.000000385. The molecule has 0 aliphatic carbocycles. The van der Waals surface area contributed by atoms with Crippen molar-refractivity contribution in [2.75, 3.05) is 37.5 Å². The summed E-state index contributed by atoms with van der Waals surface area (Å²) in [6, 6.07) is 0. The van der Waals surface area contributed by atoms with Gasteiger partial charge in [0, 0.05) is 0 Å². The number of unbranched alkanes of at least 4 members (excludes halogenated alkanes) is 5. The van der Waals surface area contributed by atoms with E-state index in [0.717, 1.165) is 0 Å². The molecule has 0 unspecified atom stereocenters. The molecule has 0 aliphatic rings. The Hall–Kier alpha value is 0.820. The molecule has 3 N–H and O–H groups in total. The number of hydrogen-bond donors (Lipinski definition) is 1. The fourth-order valence-electron chi connectivity index (χ4n) is 2.91. The van der Waals surface area contributed by atoms with E-state index in [0.29, 0.717) is 0 Å². The largest absolute Gasteiger partial charge is 0.344 e. The van der Waals surface area contributed by atoms with Gasteiger partial charge in [-0.15, -0.1) is 8.58 Å². The van der Waals surface area contributed by atoms with Crippen LogP contribution in [0.5, 0.6) is 0 Å². The minimum atomic E-state index is -0.812. The van der Waals surface area contributed by atoms with Crippen LogP contribution in [0.25, 0.3) is 0 Å². The second-order valence-electron chi connectivity index (χ2n) is 7.58. The molecule has 0 saturated carbocycles. The Labute approximate surface area is 158 Å². The molecule has 0 radical (unpaired) electrons. The molecular formula is C21H53NP2. The second-order valence-corrected chi connectivity index (χ2v) is 14.2. The minimum Gasteiger partial charge on any atom is -0.344 e. The Morgan fingerprint density at radius 2 is 0.833 bits per heavy atom. The summed E-state index contributed by atoms with van der Waals surface area (Å²) in [7, 11) is 0.434. The molecule has 152 valence electrons. The summed E-state index contributed by atoms with van der Waals surface area (Å²) in [5.74, 6) is 0. The van der Waals surface area contributed by atoms with Crippen molar-refractivity contribution in [2.45, 2.75) is 98.8 Å². The molecule has 0 fully saturated rings. The van der Waals surface area contributed by atoms with E-state index < -0.39 is 7.26 Å². The fraction of sp³-hybridized carbons (Fsp3) is 1.00. The average Bonchev–Trinajstić information content (AvgIpc) is 2.57. The van der Waals surface area contributed by atoms with Gasteiger partial charge in [0.05, 0.1) is 0 Å². The first-order chi connectivity index (χ1) is 11.1. The van der Waals surface area contributed by atoms with Crippen LogP contribution >= 0.6 is 15.8 Å². The molecule has 0 rings (SSSR count). The first kappa shape index (κ1) is 29.6. The van der Waals surface area contributed by atoms with Crippen molar-refractivity contribution in [3.05, 3.63) is 0 Å². The van der Waals surface area contributed by atoms with Crippen LogP contribution < -0.4 is 6.15 Å². The molecular weight excluding hydrogens is 328 g/mol. The summed E-state index contributed by atoms with van der Waals surface area (Å²) in [5, 5.41) is 0. The van der Waals surface area contributed by atoms with Crippen molar-refractivity contribution in [3.63, 3.8) is 0 Å². The van der Waals surface area contributed by atoms with Gasteiger partial charge >= 0.3 is 91.7 Å². The summed E-state index contributed by atoms with van der Waals surface area (Å²) in [4.78, 5) is 0. The van der Waals surface area contributed by atoms with Crippen LogP contribution in [0.3, 0.4) is 0 Å². The van der Waals surface area contributed by atoms with E-state index in [1.54, 1.807) is 18.5 Å². The van der Waals surface area contributed by atoms with E-state index in [1.165, 1.54) is 85.1 Å². The molecule has 0 aromatic carbocycles. The SMILES string of the molecule is CCCCPCCCC.CCCC[PH](C)(CCCC)CCCC.N. The molecule has 0 aromatic rings. The second kappa shape index (κ2) is 23.8. The van der Waals surface area contributed by atoms with Gasteiger partial charge in [0.1, 0.15) is 0 Å². The van der Waals surface area contributed by atoms with E-state index >= 15 is 0 Å². The van der Waals surface area contributed by atoms with E-state index in [2.05, 4.69) is 41.3 Å². The van der Waals surface area contributed by atoms with E-state index in [-0.39, 0.29) is 6.15 Å². The zero-order valence-corrected chi connectivity index (χ0v) is 20.3. The van der Waals surface area contributed by atoms with Gasteiger partial charge in [-0.1, -0.05) is 26.7 Å². The minimum absolute atomic E-state index is 0. The topological polar surface area (TPSA) is 35.0 Å². The number of hydrogen-bond acceptors (Lipinski definition) is 1. The van der Waals surface area contributed by atoms with Crippen LogP contribution in [-0.4, -0.2) is 37.5 Å². The summed E-state index contributed by atoms with van der Waals surface area (Å²) < 4.78 is 0. The Kier molecular flexibility index (Phi) is 29.4. The quantitative estimate of drug-likeness (QED) is 0.225. The van der Waals surface area contributed by atoms with Gasteiger partial charge in [-0.3, -0.25) is 0 Å². The molecule has 0 bridgehead atoms. The van der Waals surface area contributed by atoms with Gasteiger partial charge in [-0.25, -0.2) is 0 Å². The zero-order chi connectivity index (χ0) is 17.8. The molecule has 3 heteroatoms. The van der Waals surface area contributed by atoms with E-state index in [4.69, 9.17) is 0 Å². The predicted molar refractivity (Wildman–Crippen MR) is 126 cm³/mol. The molecule has 0 saturated heterocycles. The van der Waals surface area contributed by atoms with Gasteiger partial charge in [0.15, 0.2) is 0 Å². The molecule has 0 spiro atoms. The maximum atomic E-state index is 2.65. The third kappa shape index (κ3) is 22.8.